The molecule has 0 radical (unpaired) electrons. The maximum atomic E-state index is 11.8. The molecule has 1 saturated carbocycles. The van der Waals surface area contributed by atoms with Gasteiger partial charge in [0.05, 0.1) is 6.42 Å². The molecule has 1 amide bonds. The smallest absolute Gasteiger partial charge is 0.303 e. The van der Waals surface area contributed by atoms with Crippen LogP contribution in [0.2, 0.25) is 0 Å². The van der Waals surface area contributed by atoms with Crippen LogP contribution in [0.15, 0.2) is 0 Å². The molecule has 1 atom stereocenters. The average Bonchev–Trinajstić information content (AvgIpc) is 2.35. The fraction of sp³-hybridized carbons (Fsp3) is 0.857. The average molecular weight is 255 g/mol. The predicted octanol–water partition coefficient (Wildman–Crippen LogP) is 2.57. The van der Waals surface area contributed by atoms with E-state index in [1.165, 1.54) is 6.42 Å². The van der Waals surface area contributed by atoms with Gasteiger partial charge in [0, 0.05) is 12.5 Å². The first-order valence-electron chi connectivity index (χ1n) is 6.98. The van der Waals surface area contributed by atoms with Crippen LogP contribution in [0.3, 0.4) is 0 Å². The molecule has 0 spiro atoms. The van der Waals surface area contributed by atoms with Crippen LogP contribution in [0, 0.1) is 11.3 Å². The molecule has 0 aromatic rings. The molecule has 1 rings (SSSR count). The summed E-state index contributed by atoms with van der Waals surface area (Å²) in [6, 6.07) is 0. The molecule has 18 heavy (non-hydrogen) atoms. The Kier molecular flexibility index (Phi) is 5.63. The first kappa shape index (κ1) is 15.0. The van der Waals surface area contributed by atoms with Crippen LogP contribution >= 0.6 is 0 Å². The van der Waals surface area contributed by atoms with Gasteiger partial charge in [0.15, 0.2) is 0 Å². The zero-order chi connectivity index (χ0) is 13.6. The van der Waals surface area contributed by atoms with E-state index in [9.17, 15) is 9.59 Å². The van der Waals surface area contributed by atoms with Gasteiger partial charge < -0.3 is 10.4 Å². The largest absolute Gasteiger partial charge is 0.481 e. The number of carbonyl (C=O) groups is 2. The van der Waals surface area contributed by atoms with Gasteiger partial charge in [0.1, 0.15) is 0 Å². The van der Waals surface area contributed by atoms with E-state index in [0.29, 0.717) is 6.54 Å². The Balaban J connectivity index is 2.56. The Labute approximate surface area is 109 Å². The van der Waals surface area contributed by atoms with Crippen molar-refractivity contribution >= 4 is 11.9 Å². The standard InChI is InChI=1S/C14H25NO3/c1-3-11(2)13(18)15-10-14(9-12(16)17)7-5-4-6-8-14/h11H,3-10H2,1-2H3,(H,15,18)(H,16,17). The Bertz CT molecular complexity index is 295. The lowest BCUT2D eigenvalue weighted by Crippen LogP contribution is -2.42. The Morgan fingerprint density at radius 1 is 1.28 bits per heavy atom. The molecule has 1 aliphatic rings. The second-order valence-electron chi connectivity index (χ2n) is 5.66. The summed E-state index contributed by atoms with van der Waals surface area (Å²) in [4.78, 5) is 22.8. The third-order valence-corrected chi connectivity index (χ3v) is 4.14. The molecule has 1 aliphatic carbocycles. The monoisotopic (exact) mass is 255 g/mol. The van der Waals surface area contributed by atoms with Gasteiger partial charge in [-0.3, -0.25) is 9.59 Å². The summed E-state index contributed by atoms with van der Waals surface area (Å²) in [7, 11) is 0. The van der Waals surface area contributed by atoms with Gasteiger partial charge in [0.25, 0.3) is 0 Å². The molecule has 2 N–H and O–H groups in total. The first-order chi connectivity index (χ1) is 8.49. The number of nitrogens with one attached hydrogen (secondary N) is 1. The highest BCUT2D eigenvalue weighted by atomic mass is 16.4. The maximum absolute atomic E-state index is 11.8. The number of hydrogen-bond donors (Lipinski definition) is 2. The SMILES string of the molecule is CCC(C)C(=O)NCC1(CC(=O)O)CCCCC1. The topological polar surface area (TPSA) is 66.4 Å². The quantitative estimate of drug-likeness (QED) is 0.766. The summed E-state index contributed by atoms with van der Waals surface area (Å²) >= 11 is 0. The molecule has 0 aromatic heterocycles. The summed E-state index contributed by atoms with van der Waals surface area (Å²) in [5.41, 5.74) is -0.215. The van der Waals surface area contributed by atoms with Gasteiger partial charge in [-0.1, -0.05) is 33.1 Å². The number of amides is 1. The minimum atomic E-state index is -0.755. The van der Waals surface area contributed by atoms with E-state index in [1.54, 1.807) is 0 Å². The molecule has 4 nitrogen and oxygen atoms in total. The molecule has 1 fully saturated rings. The Hall–Kier alpha value is -1.06. The van der Waals surface area contributed by atoms with Crippen LogP contribution in [0.1, 0.15) is 58.8 Å². The lowest BCUT2D eigenvalue weighted by Gasteiger charge is -2.36. The number of aliphatic carboxylic acids is 1. The zero-order valence-electron chi connectivity index (χ0n) is 11.5. The van der Waals surface area contributed by atoms with E-state index in [1.807, 2.05) is 13.8 Å². The van der Waals surface area contributed by atoms with E-state index >= 15 is 0 Å². The lowest BCUT2D eigenvalue weighted by molar-refractivity contribution is -0.141. The third-order valence-electron chi connectivity index (χ3n) is 4.14. The van der Waals surface area contributed by atoms with Crippen molar-refractivity contribution in [1.82, 2.24) is 5.32 Å². The minimum absolute atomic E-state index is 0.00969. The number of rotatable bonds is 6. The molecular weight excluding hydrogens is 230 g/mol. The second-order valence-corrected chi connectivity index (χ2v) is 5.66. The summed E-state index contributed by atoms with van der Waals surface area (Å²) in [6.45, 7) is 4.40. The molecule has 0 aliphatic heterocycles. The molecule has 0 bridgehead atoms. The molecular formula is C14H25NO3. The van der Waals surface area contributed by atoms with Crippen molar-refractivity contribution in [2.75, 3.05) is 6.54 Å². The predicted molar refractivity (Wildman–Crippen MR) is 70.2 cm³/mol. The van der Waals surface area contributed by atoms with Crippen molar-refractivity contribution in [3.63, 3.8) is 0 Å². The van der Waals surface area contributed by atoms with Crippen molar-refractivity contribution in [1.29, 1.82) is 0 Å². The van der Waals surface area contributed by atoms with Crippen LogP contribution < -0.4 is 5.32 Å². The van der Waals surface area contributed by atoms with Crippen molar-refractivity contribution in [3.05, 3.63) is 0 Å². The van der Waals surface area contributed by atoms with Crippen LogP contribution in [0.4, 0.5) is 0 Å². The highest BCUT2D eigenvalue weighted by Crippen LogP contribution is 2.38. The van der Waals surface area contributed by atoms with Gasteiger partial charge in [-0.15, -0.1) is 0 Å². The molecule has 4 heteroatoms. The van der Waals surface area contributed by atoms with Crippen LogP contribution in [-0.2, 0) is 9.59 Å². The van der Waals surface area contributed by atoms with Gasteiger partial charge >= 0.3 is 5.97 Å². The van der Waals surface area contributed by atoms with Crippen LogP contribution in [-0.4, -0.2) is 23.5 Å². The van der Waals surface area contributed by atoms with Crippen LogP contribution in [0.5, 0.6) is 0 Å². The molecule has 0 heterocycles. The number of carbonyl (C=O) groups excluding carboxylic acids is 1. The molecule has 0 saturated heterocycles. The Morgan fingerprint density at radius 3 is 2.39 bits per heavy atom. The summed E-state index contributed by atoms with van der Waals surface area (Å²) in [5, 5.41) is 12.0. The van der Waals surface area contributed by atoms with E-state index in [0.717, 1.165) is 32.1 Å². The minimum Gasteiger partial charge on any atom is -0.481 e. The van der Waals surface area contributed by atoms with Crippen molar-refractivity contribution in [3.8, 4) is 0 Å². The number of carboxylic acid groups (broad SMARTS) is 1. The van der Waals surface area contributed by atoms with Crippen molar-refractivity contribution < 1.29 is 14.7 Å². The zero-order valence-corrected chi connectivity index (χ0v) is 11.5. The van der Waals surface area contributed by atoms with Gasteiger partial charge in [-0.25, -0.2) is 0 Å². The summed E-state index contributed by atoms with van der Waals surface area (Å²) in [6.07, 6.45) is 6.16. The van der Waals surface area contributed by atoms with E-state index in [-0.39, 0.29) is 23.7 Å². The van der Waals surface area contributed by atoms with Gasteiger partial charge in [-0.2, -0.15) is 0 Å². The maximum Gasteiger partial charge on any atom is 0.303 e. The summed E-state index contributed by atoms with van der Waals surface area (Å²) in [5.74, 6) is -0.696. The second kappa shape index (κ2) is 6.76. The van der Waals surface area contributed by atoms with Crippen molar-refractivity contribution in [2.45, 2.75) is 58.8 Å². The fourth-order valence-corrected chi connectivity index (χ4v) is 2.67. The third kappa shape index (κ3) is 4.31. The normalized spacial score (nSPS) is 20.1. The first-order valence-corrected chi connectivity index (χ1v) is 6.98. The van der Waals surface area contributed by atoms with E-state index < -0.39 is 5.97 Å². The highest BCUT2D eigenvalue weighted by molar-refractivity contribution is 5.78. The molecule has 0 aromatic carbocycles. The number of hydrogen-bond acceptors (Lipinski definition) is 2. The summed E-state index contributed by atoms with van der Waals surface area (Å²) < 4.78 is 0. The molecule has 1 unspecified atom stereocenters. The fourth-order valence-electron chi connectivity index (χ4n) is 2.67. The van der Waals surface area contributed by atoms with Crippen molar-refractivity contribution in [2.24, 2.45) is 11.3 Å². The van der Waals surface area contributed by atoms with Gasteiger partial charge in [0.2, 0.25) is 5.91 Å². The molecule has 104 valence electrons. The van der Waals surface area contributed by atoms with E-state index in [4.69, 9.17) is 5.11 Å². The highest BCUT2D eigenvalue weighted by Gasteiger charge is 2.34. The van der Waals surface area contributed by atoms with Crippen LogP contribution in [0.25, 0.3) is 0 Å². The van der Waals surface area contributed by atoms with Gasteiger partial charge in [-0.05, 0) is 24.7 Å². The lowest BCUT2D eigenvalue weighted by atomic mass is 9.71. The Morgan fingerprint density at radius 2 is 1.89 bits per heavy atom. The van der Waals surface area contributed by atoms with E-state index in [2.05, 4.69) is 5.32 Å². The number of carboxylic acids is 1.